The van der Waals surface area contributed by atoms with E-state index in [1.54, 1.807) is 6.07 Å². The lowest BCUT2D eigenvalue weighted by Crippen LogP contribution is -2.45. The maximum Gasteiger partial charge on any atom is 0.335 e. The topological polar surface area (TPSA) is 48.7 Å². The molecule has 0 aliphatic carbocycles. The minimum atomic E-state index is -0.864. The fraction of sp³-hybridized carbons (Fsp3) is 0.526. The van der Waals surface area contributed by atoms with Gasteiger partial charge in [-0.15, -0.1) is 0 Å². The summed E-state index contributed by atoms with van der Waals surface area (Å²) in [5, 5.41) is 10.3. The Kier molecular flexibility index (Phi) is 4.92. The van der Waals surface area contributed by atoms with Crippen molar-refractivity contribution in [3.05, 3.63) is 35.5 Å². The summed E-state index contributed by atoms with van der Waals surface area (Å²) in [5.41, 5.74) is 2.73. The van der Waals surface area contributed by atoms with E-state index in [1.807, 2.05) is 12.1 Å². The van der Waals surface area contributed by atoms with E-state index in [2.05, 4.69) is 41.5 Å². The summed E-state index contributed by atoms with van der Waals surface area (Å²) < 4.78 is 2.29. The number of nitrogens with zero attached hydrogens (tertiary/aromatic N) is 3. The molecule has 0 saturated carbocycles. The van der Waals surface area contributed by atoms with Crippen molar-refractivity contribution in [1.82, 2.24) is 14.4 Å². The largest absolute Gasteiger partial charge is 0.478 e. The third kappa shape index (κ3) is 3.47. The van der Waals surface area contributed by atoms with Crippen LogP contribution in [0.1, 0.15) is 35.7 Å². The van der Waals surface area contributed by atoms with Crippen LogP contribution in [0.25, 0.3) is 10.9 Å². The molecular formula is C19H27N3O2. The van der Waals surface area contributed by atoms with E-state index < -0.39 is 5.97 Å². The lowest BCUT2D eigenvalue weighted by Gasteiger charge is -2.32. The number of piperazine rings is 1. The van der Waals surface area contributed by atoms with Gasteiger partial charge in [0.05, 0.1) is 5.56 Å². The Bertz CT molecular complexity index is 728. The lowest BCUT2D eigenvalue weighted by molar-refractivity contribution is 0.0697. The second-order valence-electron chi connectivity index (χ2n) is 7.11. The van der Waals surface area contributed by atoms with Crippen LogP contribution in [0.3, 0.4) is 0 Å². The van der Waals surface area contributed by atoms with Crippen molar-refractivity contribution >= 4 is 16.9 Å². The predicted molar refractivity (Wildman–Crippen MR) is 96.9 cm³/mol. The number of likely N-dealkylation sites (N-methyl/N-ethyl adjacent to an activating group) is 1. The summed E-state index contributed by atoms with van der Waals surface area (Å²) in [5.74, 6) is -0.488. The smallest absolute Gasteiger partial charge is 0.335 e. The molecule has 0 amide bonds. The average molecular weight is 329 g/mol. The lowest BCUT2D eigenvalue weighted by atomic mass is 10.0. The summed E-state index contributed by atoms with van der Waals surface area (Å²) >= 11 is 0. The molecule has 0 spiro atoms. The molecule has 1 saturated heterocycles. The average Bonchev–Trinajstić information content (AvgIpc) is 2.92. The summed E-state index contributed by atoms with van der Waals surface area (Å²) in [6, 6.07) is 5.48. The van der Waals surface area contributed by atoms with Crippen LogP contribution in [0.4, 0.5) is 0 Å². The Morgan fingerprint density at radius 2 is 1.88 bits per heavy atom. The normalized spacial score (nSPS) is 17.0. The highest BCUT2D eigenvalue weighted by Gasteiger charge is 2.16. The molecule has 0 radical (unpaired) electrons. The second kappa shape index (κ2) is 6.95. The van der Waals surface area contributed by atoms with Gasteiger partial charge in [-0.1, -0.05) is 13.8 Å². The number of rotatable bonds is 5. The number of hydrogen-bond donors (Lipinski definition) is 1. The Morgan fingerprint density at radius 1 is 1.17 bits per heavy atom. The van der Waals surface area contributed by atoms with Gasteiger partial charge in [0.2, 0.25) is 0 Å². The molecule has 1 aliphatic rings. The third-order valence-corrected chi connectivity index (χ3v) is 5.03. The minimum absolute atomic E-state index is 0.362. The van der Waals surface area contributed by atoms with E-state index in [-0.39, 0.29) is 0 Å². The summed E-state index contributed by atoms with van der Waals surface area (Å²) in [6.45, 7) is 10.8. The van der Waals surface area contributed by atoms with Gasteiger partial charge in [0.15, 0.2) is 0 Å². The van der Waals surface area contributed by atoms with Crippen molar-refractivity contribution in [2.75, 3.05) is 39.8 Å². The Morgan fingerprint density at radius 3 is 2.50 bits per heavy atom. The molecule has 2 heterocycles. The van der Waals surface area contributed by atoms with Crippen molar-refractivity contribution < 1.29 is 9.90 Å². The highest BCUT2D eigenvalue weighted by Crippen LogP contribution is 2.28. The first-order valence-corrected chi connectivity index (χ1v) is 8.72. The van der Waals surface area contributed by atoms with Crippen LogP contribution < -0.4 is 0 Å². The summed E-state index contributed by atoms with van der Waals surface area (Å²) in [4.78, 5) is 16.1. The predicted octanol–water partition coefficient (Wildman–Crippen LogP) is 2.71. The first kappa shape index (κ1) is 17.0. The van der Waals surface area contributed by atoms with Gasteiger partial charge in [-0.25, -0.2) is 4.79 Å². The molecule has 130 valence electrons. The first-order chi connectivity index (χ1) is 11.5. The molecule has 1 aliphatic heterocycles. The van der Waals surface area contributed by atoms with Gasteiger partial charge in [0, 0.05) is 56.4 Å². The van der Waals surface area contributed by atoms with E-state index in [1.165, 1.54) is 5.56 Å². The number of aromatic nitrogens is 1. The van der Waals surface area contributed by atoms with Crippen molar-refractivity contribution in [1.29, 1.82) is 0 Å². The molecule has 1 fully saturated rings. The highest BCUT2D eigenvalue weighted by molar-refractivity contribution is 5.95. The van der Waals surface area contributed by atoms with Crippen LogP contribution in [0.15, 0.2) is 24.4 Å². The van der Waals surface area contributed by atoms with E-state index in [0.29, 0.717) is 11.5 Å². The van der Waals surface area contributed by atoms with Crippen molar-refractivity contribution in [2.45, 2.75) is 26.3 Å². The van der Waals surface area contributed by atoms with E-state index in [9.17, 15) is 9.90 Å². The third-order valence-electron chi connectivity index (χ3n) is 5.03. The first-order valence-electron chi connectivity index (χ1n) is 8.72. The van der Waals surface area contributed by atoms with Crippen LogP contribution in [-0.2, 0) is 6.54 Å². The molecule has 1 N–H and O–H groups in total. The number of fused-ring (bicyclic) bond motifs is 1. The van der Waals surface area contributed by atoms with Gasteiger partial charge in [-0.2, -0.15) is 0 Å². The van der Waals surface area contributed by atoms with Crippen LogP contribution in [0.5, 0.6) is 0 Å². The maximum absolute atomic E-state index is 11.3. The molecule has 0 unspecified atom stereocenters. The Hall–Kier alpha value is -1.85. The van der Waals surface area contributed by atoms with E-state index in [4.69, 9.17) is 0 Å². The molecule has 1 aromatic heterocycles. The van der Waals surface area contributed by atoms with Crippen molar-refractivity contribution in [3.63, 3.8) is 0 Å². The molecule has 2 aromatic rings. The number of benzene rings is 1. The van der Waals surface area contributed by atoms with Gasteiger partial charge >= 0.3 is 5.97 Å². The molecule has 0 bridgehead atoms. The maximum atomic E-state index is 11.3. The van der Waals surface area contributed by atoms with Crippen molar-refractivity contribution in [3.8, 4) is 0 Å². The van der Waals surface area contributed by atoms with Gasteiger partial charge in [-0.05, 0) is 36.7 Å². The molecule has 1 aromatic carbocycles. The number of carbonyl (C=O) groups is 1. The molecular weight excluding hydrogens is 302 g/mol. The summed E-state index contributed by atoms with van der Waals surface area (Å²) in [7, 11) is 2.17. The van der Waals surface area contributed by atoms with E-state index >= 15 is 0 Å². The zero-order valence-electron chi connectivity index (χ0n) is 14.8. The van der Waals surface area contributed by atoms with Gasteiger partial charge < -0.3 is 14.6 Å². The van der Waals surface area contributed by atoms with E-state index in [0.717, 1.165) is 50.2 Å². The quantitative estimate of drug-likeness (QED) is 0.916. The summed E-state index contributed by atoms with van der Waals surface area (Å²) in [6.07, 6.45) is 2.21. The number of carboxylic acids is 1. The van der Waals surface area contributed by atoms with Crippen LogP contribution in [-0.4, -0.2) is 65.2 Å². The Balaban J connectivity index is 1.83. The molecule has 0 atom stereocenters. The van der Waals surface area contributed by atoms with Crippen LogP contribution in [0, 0.1) is 0 Å². The minimum Gasteiger partial charge on any atom is -0.478 e. The molecule has 5 nitrogen and oxygen atoms in total. The number of hydrogen-bond acceptors (Lipinski definition) is 3. The fourth-order valence-electron chi connectivity index (χ4n) is 3.42. The number of aromatic carboxylic acids is 1. The molecule has 5 heteroatoms. The zero-order chi connectivity index (χ0) is 17.3. The van der Waals surface area contributed by atoms with Crippen LogP contribution >= 0.6 is 0 Å². The van der Waals surface area contributed by atoms with Crippen molar-refractivity contribution in [2.24, 2.45) is 0 Å². The standard InChI is InChI=1S/C19H27N3O2/c1-14(2)17-13-22(11-10-21-8-6-20(3)7-9-21)18-5-4-15(19(23)24)12-16(17)18/h4-5,12-14H,6-11H2,1-3H3,(H,23,24). The molecule has 24 heavy (non-hydrogen) atoms. The van der Waals surface area contributed by atoms with Gasteiger partial charge in [0.25, 0.3) is 0 Å². The molecule has 3 rings (SSSR count). The van der Waals surface area contributed by atoms with Gasteiger partial charge in [0.1, 0.15) is 0 Å². The highest BCUT2D eigenvalue weighted by atomic mass is 16.4. The Labute approximate surface area is 143 Å². The SMILES string of the molecule is CC(C)c1cn(CCN2CCN(C)CC2)c2ccc(C(=O)O)cc12. The fourth-order valence-corrected chi connectivity index (χ4v) is 3.42. The zero-order valence-corrected chi connectivity index (χ0v) is 14.8. The van der Waals surface area contributed by atoms with Gasteiger partial charge in [-0.3, -0.25) is 4.90 Å². The number of carboxylic acid groups (broad SMARTS) is 1. The second-order valence-corrected chi connectivity index (χ2v) is 7.11. The monoisotopic (exact) mass is 329 g/mol. The van der Waals surface area contributed by atoms with Crippen LogP contribution in [0.2, 0.25) is 0 Å².